The Kier molecular flexibility index (Phi) is 3.18. The van der Waals surface area contributed by atoms with E-state index in [9.17, 15) is 4.79 Å². The van der Waals surface area contributed by atoms with E-state index in [2.05, 4.69) is 10.5 Å². The van der Waals surface area contributed by atoms with Crippen LogP contribution in [0.1, 0.15) is 21.8 Å². The van der Waals surface area contributed by atoms with E-state index >= 15 is 0 Å². The lowest BCUT2D eigenvalue weighted by Crippen LogP contribution is -2.05. The smallest absolute Gasteiger partial charge is 0.335 e. The molecule has 0 atom stereocenters. The first-order chi connectivity index (χ1) is 8.56. The maximum Gasteiger partial charge on any atom is 0.335 e. The van der Waals surface area contributed by atoms with E-state index in [1.54, 1.807) is 19.1 Å². The molecule has 0 fully saturated rings. The molecule has 1 heterocycles. The highest BCUT2D eigenvalue weighted by Gasteiger charge is 2.07. The Hall–Kier alpha value is -2.50. The third-order valence-electron chi connectivity index (χ3n) is 2.44. The minimum absolute atomic E-state index is 0.183. The van der Waals surface area contributed by atoms with Gasteiger partial charge in [0.25, 0.3) is 0 Å². The lowest BCUT2D eigenvalue weighted by Gasteiger charge is -2.08. The molecular weight excluding hydrogens is 234 g/mol. The van der Waals surface area contributed by atoms with Crippen LogP contribution in [0, 0.1) is 6.92 Å². The van der Waals surface area contributed by atoms with Crippen molar-refractivity contribution < 1.29 is 14.4 Å². The number of aryl methyl sites for hydroxylation is 1. The lowest BCUT2D eigenvalue weighted by molar-refractivity contribution is 0.0697. The van der Waals surface area contributed by atoms with Gasteiger partial charge < -0.3 is 20.7 Å². The number of carbonyl (C=O) groups is 1. The molecule has 6 nitrogen and oxygen atoms in total. The normalized spacial score (nSPS) is 10.3. The maximum atomic E-state index is 10.8. The molecule has 94 valence electrons. The standard InChI is InChI=1S/C12H13N3O3/c1-7-4-9(15-18-7)6-14-11-5-8(12(16)17)2-3-10(11)13/h2-5,14H,6,13H2,1H3,(H,16,17). The van der Waals surface area contributed by atoms with Crippen LogP contribution in [0.25, 0.3) is 0 Å². The third kappa shape index (κ3) is 2.60. The van der Waals surface area contributed by atoms with Crippen molar-refractivity contribution in [3.8, 4) is 0 Å². The highest BCUT2D eigenvalue weighted by Crippen LogP contribution is 2.20. The van der Waals surface area contributed by atoms with Gasteiger partial charge >= 0.3 is 5.97 Å². The number of anilines is 2. The van der Waals surface area contributed by atoms with Crippen LogP contribution in [-0.2, 0) is 6.54 Å². The number of nitrogens with two attached hydrogens (primary N) is 1. The molecule has 0 saturated heterocycles. The number of nitrogen functional groups attached to an aromatic ring is 1. The zero-order valence-corrected chi connectivity index (χ0v) is 9.80. The van der Waals surface area contributed by atoms with Crippen LogP contribution < -0.4 is 11.1 Å². The first-order valence-corrected chi connectivity index (χ1v) is 5.35. The SMILES string of the molecule is Cc1cc(CNc2cc(C(=O)O)ccc2N)no1. The van der Waals surface area contributed by atoms with Gasteiger partial charge in [-0.05, 0) is 25.1 Å². The van der Waals surface area contributed by atoms with Crippen LogP contribution in [0.15, 0.2) is 28.8 Å². The Morgan fingerprint density at radius 3 is 2.89 bits per heavy atom. The topological polar surface area (TPSA) is 101 Å². The highest BCUT2D eigenvalue weighted by atomic mass is 16.5. The van der Waals surface area contributed by atoms with Crippen molar-refractivity contribution in [2.45, 2.75) is 13.5 Å². The van der Waals surface area contributed by atoms with Gasteiger partial charge in [-0.2, -0.15) is 0 Å². The van der Waals surface area contributed by atoms with Gasteiger partial charge in [0, 0.05) is 6.07 Å². The number of hydrogen-bond donors (Lipinski definition) is 3. The van der Waals surface area contributed by atoms with Crippen molar-refractivity contribution >= 4 is 17.3 Å². The average Bonchev–Trinajstić information content (AvgIpc) is 2.74. The Bertz CT molecular complexity index is 578. The molecule has 0 amide bonds. The van der Waals surface area contributed by atoms with E-state index in [0.717, 1.165) is 11.5 Å². The van der Waals surface area contributed by atoms with Crippen molar-refractivity contribution in [2.75, 3.05) is 11.1 Å². The first kappa shape index (κ1) is 12.0. The number of carboxylic acid groups (broad SMARTS) is 1. The number of aromatic nitrogens is 1. The molecule has 2 rings (SSSR count). The molecule has 0 aliphatic rings. The van der Waals surface area contributed by atoms with Crippen LogP contribution in [0.2, 0.25) is 0 Å². The summed E-state index contributed by atoms with van der Waals surface area (Å²) in [7, 11) is 0. The van der Waals surface area contributed by atoms with E-state index in [1.807, 2.05) is 0 Å². The average molecular weight is 247 g/mol. The number of rotatable bonds is 4. The van der Waals surface area contributed by atoms with Crippen LogP contribution >= 0.6 is 0 Å². The summed E-state index contributed by atoms with van der Waals surface area (Å²) in [5, 5.41) is 15.7. The van der Waals surface area contributed by atoms with E-state index in [4.69, 9.17) is 15.4 Å². The van der Waals surface area contributed by atoms with Gasteiger partial charge in [-0.1, -0.05) is 5.16 Å². The minimum atomic E-state index is -0.990. The zero-order chi connectivity index (χ0) is 13.1. The van der Waals surface area contributed by atoms with Gasteiger partial charge in [-0.25, -0.2) is 4.79 Å². The van der Waals surface area contributed by atoms with Gasteiger partial charge in [-0.3, -0.25) is 0 Å². The van der Waals surface area contributed by atoms with Crippen molar-refractivity contribution in [1.29, 1.82) is 0 Å². The molecule has 4 N–H and O–H groups in total. The molecule has 0 radical (unpaired) electrons. The fourth-order valence-electron chi connectivity index (χ4n) is 1.53. The first-order valence-electron chi connectivity index (χ1n) is 5.35. The second-order valence-electron chi connectivity index (χ2n) is 3.89. The summed E-state index contributed by atoms with van der Waals surface area (Å²) in [6, 6.07) is 6.30. The van der Waals surface area contributed by atoms with Gasteiger partial charge in [0.05, 0.1) is 23.5 Å². The van der Waals surface area contributed by atoms with Crippen molar-refractivity contribution in [2.24, 2.45) is 0 Å². The summed E-state index contributed by atoms with van der Waals surface area (Å²) < 4.78 is 4.93. The summed E-state index contributed by atoms with van der Waals surface area (Å²) in [5.41, 5.74) is 7.72. The largest absolute Gasteiger partial charge is 0.478 e. The van der Waals surface area contributed by atoms with Crippen LogP contribution in [0.5, 0.6) is 0 Å². The summed E-state index contributed by atoms with van der Waals surface area (Å²) in [6.07, 6.45) is 0. The zero-order valence-electron chi connectivity index (χ0n) is 9.80. The summed E-state index contributed by atoms with van der Waals surface area (Å²) in [5.74, 6) is -0.269. The van der Waals surface area contributed by atoms with Crippen LogP contribution in [-0.4, -0.2) is 16.2 Å². The number of hydrogen-bond acceptors (Lipinski definition) is 5. The molecule has 0 aliphatic carbocycles. The van der Waals surface area contributed by atoms with Crippen molar-refractivity contribution in [1.82, 2.24) is 5.16 Å². The molecule has 6 heteroatoms. The van der Waals surface area contributed by atoms with E-state index in [1.165, 1.54) is 12.1 Å². The van der Waals surface area contributed by atoms with E-state index in [0.29, 0.717) is 17.9 Å². The fraction of sp³-hybridized carbons (Fsp3) is 0.167. The molecule has 0 spiro atoms. The molecule has 0 aliphatic heterocycles. The molecule has 2 aromatic rings. The second kappa shape index (κ2) is 4.79. The van der Waals surface area contributed by atoms with Crippen LogP contribution in [0.3, 0.4) is 0 Å². The predicted octanol–water partition coefficient (Wildman–Crippen LogP) is 1.88. The van der Waals surface area contributed by atoms with E-state index in [-0.39, 0.29) is 5.56 Å². The monoisotopic (exact) mass is 247 g/mol. The van der Waals surface area contributed by atoms with Crippen molar-refractivity contribution in [3.05, 3.63) is 41.3 Å². The van der Waals surface area contributed by atoms with Gasteiger partial charge in [0.1, 0.15) is 11.5 Å². The van der Waals surface area contributed by atoms with Crippen molar-refractivity contribution in [3.63, 3.8) is 0 Å². The Morgan fingerprint density at radius 1 is 1.50 bits per heavy atom. The lowest BCUT2D eigenvalue weighted by atomic mass is 10.1. The number of carboxylic acids is 1. The highest BCUT2D eigenvalue weighted by molar-refractivity contribution is 5.90. The summed E-state index contributed by atoms with van der Waals surface area (Å²) in [4.78, 5) is 10.8. The molecular formula is C12H13N3O3. The molecule has 18 heavy (non-hydrogen) atoms. The third-order valence-corrected chi connectivity index (χ3v) is 2.44. The van der Waals surface area contributed by atoms with Gasteiger partial charge in [0.15, 0.2) is 0 Å². The molecule has 1 aromatic heterocycles. The van der Waals surface area contributed by atoms with Crippen LogP contribution in [0.4, 0.5) is 11.4 Å². The number of nitrogens with zero attached hydrogens (tertiary/aromatic N) is 1. The fourth-order valence-corrected chi connectivity index (χ4v) is 1.53. The Morgan fingerprint density at radius 2 is 2.28 bits per heavy atom. The molecule has 0 unspecified atom stereocenters. The molecule has 0 saturated carbocycles. The van der Waals surface area contributed by atoms with Gasteiger partial charge in [0.2, 0.25) is 0 Å². The molecule has 0 bridgehead atoms. The summed E-state index contributed by atoms with van der Waals surface area (Å²) >= 11 is 0. The number of nitrogens with one attached hydrogen (secondary N) is 1. The quantitative estimate of drug-likeness (QED) is 0.713. The predicted molar refractivity (Wildman–Crippen MR) is 66.4 cm³/mol. The Balaban J connectivity index is 2.13. The van der Waals surface area contributed by atoms with E-state index < -0.39 is 5.97 Å². The number of benzene rings is 1. The van der Waals surface area contributed by atoms with Gasteiger partial charge in [-0.15, -0.1) is 0 Å². The second-order valence-corrected chi connectivity index (χ2v) is 3.89. The maximum absolute atomic E-state index is 10.8. The molecule has 1 aromatic carbocycles. The Labute approximate surface area is 103 Å². The summed E-state index contributed by atoms with van der Waals surface area (Å²) in [6.45, 7) is 2.22. The minimum Gasteiger partial charge on any atom is -0.478 e. The number of aromatic carboxylic acids is 1.